The van der Waals surface area contributed by atoms with Crippen molar-refractivity contribution < 1.29 is 9.59 Å². The smallest absolute Gasteiger partial charge is 0.224 e. The molecule has 5 rings (SSSR count). The second kappa shape index (κ2) is 11.0. The number of piperidine rings is 1. The quantitative estimate of drug-likeness (QED) is 0.369. The van der Waals surface area contributed by atoms with Crippen LogP contribution >= 0.6 is 0 Å². The second-order valence-corrected chi connectivity index (χ2v) is 8.70. The zero-order valence-corrected chi connectivity index (χ0v) is 19.9. The lowest BCUT2D eigenvalue weighted by molar-refractivity contribution is -0.120. The Kier molecular flexibility index (Phi) is 7.65. The minimum absolute atomic E-state index is 0.0379. The molecule has 0 radical (unpaired) electrons. The van der Waals surface area contributed by atoms with E-state index in [0.29, 0.717) is 18.9 Å². The molecule has 1 aliphatic rings. The van der Waals surface area contributed by atoms with Crippen LogP contribution in [-0.2, 0) is 22.4 Å². The summed E-state index contributed by atoms with van der Waals surface area (Å²) in [4.78, 5) is 25.8. The maximum atomic E-state index is 11.5. The summed E-state index contributed by atoms with van der Waals surface area (Å²) in [6.07, 6.45) is 7.31. The average Bonchev–Trinajstić information content (AvgIpc) is 3.51. The van der Waals surface area contributed by atoms with E-state index in [1.807, 2.05) is 36.5 Å². The van der Waals surface area contributed by atoms with Gasteiger partial charge in [0.2, 0.25) is 11.8 Å². The maximum absolute atomic E-state index is 11.5. The molecule has 0 spiro atoms. The van der Waals surface area contributed by atoms with Crippen molar-refractivity contribution in [1.29, 1.82) is 0 Å². The molecule has 4 N–H and O–H groups in total. The van der Waals surface area contributed by atoms with Gasteiger partial charge < -0.3 is 25.5 Å². The maximum Gasteiger partial charge on any atom is 0.224 e. The van der Waals surface area contributed by atoms with Gasteiger partial charge in [-0.2, -0.15) is 0 Å². The van der Waals surface area contributed by atoms with Crippen LogP contribution in [0.5, 0.6) is 0 Å². The van der Waals surface area contributed by atoms with Crippen LogP contribution in [0.25, 0.3) is 21.8 Å². The molecular weight excluding hydrogens is 426 g/mol. The van der Waals surface area contributed by atoms with Crippen molar-refractivity contribution in [3.63, 3.8) is 0 Å². The Hall–Kier alpha value is -3.58. The van der Waals surface area contributed by atoms with Gasteiger partial charge in [0, 0.05) is 43.6 Å². The van der Waals surface area contributed by atoms with E-state index in [-0.39, 0.29) is 11.8 Å². The van der Waals surface area contributed by atoms with Gasteiger partial charge in [0.05, 0.1) is 12.8 Å². The van der Waals surface area contributed by atoms with E-state index in [2.05, 4.69) is 49.9 Å². The summed E-state index contributed by atoms with van der Waals surface area (Å²) in [6.45, 7) is 2.17. The Labute approximate surface area is 199 Å². The summed E-state index contributed by atoms with van der Waals surface area (Å²) in [7, 11) is 3.33. The van der Waals surface area contributed by atoms with Gasteiger partial charge in [0.25, 0.3) is 0 Å². The summed E-state index contributed by atoms with van der Waals surface area (Å²) in [5, 5.41) is 11.1. The number of carbonyl (C=O) groups excluding carboxylic acids is 2. The van der Waals surface area contributed by atoms with Crippen LogP contribution in [0.3, 0.4) is 0 Å². The SMILES string of the molecule is CNC(=O)Cc1ccc2cc[nH]c2c1.CNC(=O)Cc1ccc2ccn(C3CCNCC3)c2c1. The van der Waals surface area contributed by atoms with E-state index in [1.165, 1.54) is 29.1 Å². The minimum Gasteiger partial charge on any atom is -0.361 e. The fourth-order valence-corrected chi connectivity index (χ4v) is 4.46. The number of hydrogen-bond acceptors (Lipinski definition) is 3. The minimum atomic E-state index is 0.0379. The molecule has 0 aliphatic carbocycles. The van der Waals surface area contributed by atoms with Gasteiger partial charge in [-0.3, -0.25) is 9.59 Å². The highest BCUT2D eigenvalue weighted by molar-refractivity contribution is 5.84. The molecule has 34 heavy (non-hydrogen) atoms. The highest BCUT2D eigenvalue weighted by atomic mass is 16.2. The third-order valence-corrected chi connectivity index (χ3v) is 6.40. The third kappa shape index (κ3) is 5.66. The molecule has 4 aromatic rings. The highest BCUT2D eigenvalue weighted by Crippen LogP contribution is 2.26. The van der Waals surface area contributed by atoms with Crippen molar-refractivity contribution in [2.45, 2.75) is 31.7 Å². The number of nitrogens with zero attached hydrogens (tertiary/aromatic N) is 1. The van der Waals surface area contributed by atoms with Crippen LogP contribution in [0, 0.1) is 0 Å². The van der Waals surface area contributed by atoms with Gasteiger partial charge >= 0.3 is 0 Å². The molecule has 2 amide bonds. The van der Waals surface area contributed by atoms with Gasteiger partial charge in [0.15, 0.2) is 0 Å². The number of benzene rings is 2. The fourth-order valence-electron chi connectivity index (χ4n) is 4.46. The fraction of sp³-hybridized carbons (Fsp3) is 0.333. The number of nitrogens with one attached hydrogen (secondary N) is 4. The molecule has 1 fully saturated rings. The van der Waals surface area contributed by atoms with Crippen LogP contribution in [0.15, 0.2) is 60.9 Å². The number of rotatable bonds is 5. The summed E-state index contributed by atoms with van der Waals surface area (Å²) in [6, 6.07) is 17.1. The normalized spacial score (nSPS) is 13.9. The van der Waals surface area contributed by atoms with Gasteiger partial charge in [0.1, 0.15) is 0 Å². The van der Waals surface area contributed by atoms with Crippen molar-refractivity contribution in [2.75, 3.05) is 27.2 Å². The van der Waals surface area contributed by atoms with Gasteiger partial charge in [-0.1, -0.05) is 24.3 Å². The van der Waals surface area contributed by atoms with Gasteiger partial charge in [-0.05, 0) is 72.1 Å². The van der Waals surface area contributed by atoms with Crippen molar-refractivity contribution in [1.82, 2.24) is 25.5 Å². The Bertz CT molecular complexity index is 1270. The Morgan fingerprint density at radius 3 is 2.21 bits per heavy atom. The zero-order valence-electron chi connectivity index (χ0n) is 19.9. The zero-order chi connectivity index (χ0) is 23.9. The number of aromatic amines is 1. The molecule has 7 nitrogen and oxygen atoms in total. The number of likely N-dealkylation sites (N-methyl/N-ethyl adjacent to an activating group) is 2. The first-order valence-electron chi connectivity index (χ1n) is 11.8. The first-order chi connectivity index (χ1) is 16.6. The molecular formula is C27H33N5O2. The van der Waals surface area contributed by atoms with Crippen LogP contribution in [-0.4, -0.2) is 48.6 Å². The Morgan fingerprint density at radius 2 is 1.53 bits per heavy atom. The number of aromatic nitrogens is 2. The molecule has 0 saturated carbocycles. The molecule has 2 aromatic carbocycles. The number of amides is 2. The predicted molar refractivity (Wildman–Crippen MR) is 137 cm³/mol. The number of carbonyl (C=O) groups is 2. The lowest BCUT2D eigenvalue weighted by Gasteiger charge is -2.25. The van der Waals surface area contributed by atoms with E-state index < -0.39 is 0 Å². The molecule has 7 heteroatoms. The topological polar surface area (TPSA) is 91.0 Å². The van der Waals surface area contributed by atoms with Crippen LogP contribution in [0.1, 0.15) is 30.0 Å². The average molecular weight is 460 g/mol. The van der Waals surface area contributed by atoms with Gasteiger partial charge in [-0.15, -0.1) is 0 Å². The summed E-state index contributed by atoms with van der Waals surface area (Å²) in [5.41, 5.74) is 4.43. The third-order valence-electron chi connectivity index (χ3n) is 6.40. The molecule has 2 aromatic heterocycles. The Balaban J connectivity index is 0.000000172. The van der Waals surface area contributed by atoms with Crippen molar-refractivity contribution in [3.05, 3.63) is 72.1 Å². The molecule has 0 bridgehead atoms. The monoisotopic (exact) mass is 459 g/mol. The van der Waals surface area contributed by atoms with E-state index in [1.54, 1.807) is 14.1 Å². The van der Waals surface area contributed by atoms with Crippen LogP contribution in [0.2, 0.25) is 0 Å². The first-order valence-corrected chi connectivity index (χ1v) is 11.8. The van der Waals surface area contributed by atoms with E-state index in [9.17, 15) is 9.59 Å². The van der Waals surface area contributed by atoms with E-state index in [4.69, 9.17) is 0 Å². The molecule has 178 valence electrons. The second-order valence-electron chi connectivity index (χ2n) is 8.70. The molecule has 1 aliphatic heterocycles. The van der Waals surface area contributed by atoms with Crippen molar-refractivity contribution in [3.8, 4) is 0 Å². The summed E-state index contributed by atoms with van der Waals surface area (Å²) < 4.78 is 2.38. The number of H-pyrrole nitrogens is 1. The van der Waals surface area contributed by atoms with E-state index in [0.717, 1.165) is 29.7 Å². The summed E-state index contributed by atoms with van der Waals surface area (Å²) in [5.74, 6) is 0.0974. The molecule has 0 atom stereocenters. The van der Waals surface area contributed by atoms with Crippen molar-refractivity contribution in [2.24, 2.45) is 0 Å². The van der Waals surface area contributed by atoms with E-state index >= 15 is 0 Å². The largest absolute Gasteiger partial charge is 0.361 e. The number of hydrogen-bond donors (Lipinski definition) is 4. The lowest BCUT2D eigenvalue weighted by Crippen LogP contribution is -2.29. The van der Waals surface area contributed by atoms with Crippen molar-refractivity contribution >= 4 is 33.6 Å². The molecule has 3 heterocycles. The molecule has 0 unspecified atom stereocenters. The van der Waals surface area contributed by atoms with Crippen LogP contribution in [0.4, 0.5) is 0 Å². The lowest BCUT2D eigenvalue weighted by atomic mass is 10.1. The van der Waals surface area contributed by atoms with Gasteiger partial charge in [-0.25, -0.2) is 0 Å². The summed E-state index contributed by atoms with van der Waals surface area (Å²) >= 11 is 0. The number of fused-ring (bicyclic) bond motifs is 2. The standard InChI is InChI=1S/C16H21N3O.C11H12N2O/c1-17-16(20)11-12-2-3-13-6-9-19(15(13)10-12)14-4-7-18-8-5-14;1-12-11(14)7-8-2-3-9-4-5-13-10(9)6-8/h2-3,6,9-10,14,18H,4-5,7-8,11H2,1H3,(H,17,20);2-6,13H,7H2,1H3,(H,12,14). The predicted octanol–water partition coefficient (Wildman–Crippen LogP) is 3.31. The highest BCUT2D eigenvalue weighted by Gasteiger charge is 2.16. The Morgan fingerprint density at radius 1 is 0.882 bits per heavy atom. The first kappa shape index (κ1) is 23.6. The molecule has 1 saturated heterocycles. The van der Waals surface area contributed by atoms with Crippen LogP contribution < -0.4 is 16.0 Å².